The van der Waals surface area contributed by atoms with Crippen molar-refractivity contribution in [3.05, 3.63) is 54.5 Å². The summed E-state index contributed by atoms with van der Waals surface area (Å²) in [4.78, 5) is 23.5. The molecule has 5 nitrogen and oxygen atoms in total. The summed E-state index contributed by atoms with van der Waals surface area (Å²) in [6.07, 6.45) is 1.41. The van der Waals surface area contributed by atoms with Crippen molar-refractivity contribution in [1.29, 1.82) is 0 Å². The lowest BCUT2D eigenvalue weighted by molar-refractivity contribution is -0.117. The summed E-state index contributed by atoms with van der Waals surface area (Å²) in [5, 5.41) is 5.27. The Morgan fingerprint density at radius 1 is 1.11 bits per heavy atom. The Morgan fingerprint density at radius 2 is 1.84 bits per heavy atom. The van der Waals surface area contributed by atoms with E-state index in [1.54, 1.807) is 25.1 Å². The predicted octanol–water partition coefficient (Wildman–Crippen LogP) is 2.04. The van der Waals surface area contributed by atoms with Gasteiger partial charge in [-0.2, -0.15) is 0 Å². The van der Waals surface area contributed by atoms with Crippen LogP contribution >= 0.6 is 0 Å². The second-order valence-corrected chi connectivity index (χ2v) is 4.03. The molecule has 19 heavy (non-hydrogen) atoms. The molecule has 0 fully saturated rings. The van der Waals surface area contributed by atoms with Crippen molar-refractivity contribution in [2.75, 3.05) is 5.32 Å². The molecule has 0 aliphatic heterocycles. The van der Waals surface area contributed by atoms with E-state index in [2.05, 4.69) is 10.6 Å². The zero-order valence-corrected chi connectivity index (χ0v) is 10.4. The SMILES string of the molecule is CC(NC(=O)c1ccco1)C(=O)Nc1ccccc1. The van der Waals surface area contributed by atoms with Crippen molar-refractivity contribution in [2.45, 2.75) is 13.0 Å². The normalized spacial score (nSPS) is 11.6. The summed E-state index contributed by atoms with van der Waals surface area (Å²) >= 11 is 0. The Hall–Kier alpha value is -2.56. The van der Waals surface area contributed by atoms with Crippen molar-refractivity contribution in [1.82, 2.24) is 5.32 Å². The van der Waals surface area contributed by atoms with Gasteiger partial charge in [0.25, 0.3) is 5.91 Å². The average Bonchev–Trinajstić information content (AvgIpc) is 2.93. The fraction of sp³-hybridized carbons (Fsp3) is 0.143. The number of benzene rings is 1. The van der Waals surface area contributed by atoms with Crippen LogP contribution in [0.5, 0.6) is 0 Å². The highest BCUT2D eigenvalue weighted by molar-refractivity contribution is 5.99. The molecule has 0 bridgehead atoms. The van der Waals surface area contributed by atoms with Crippen molar-refractivity contribution < 1.29 is 14.0 Å². The predicted molar refractivity (Wildman–Crippen MR) is 70.7 cm³/mol. The van der Waals surface area contributed by atoms with Gasteiger partial charge in [0.2, 0.25) is 5.91 Å². The van der Waals surface area contributed by atoms with E-state index in [-0.39, 0.29) is 11.7 Å². The van der Waals surface area contributed by atoms with Gasteiger partial charge in [-0.25, -0.2) is 0 Å². The number of nitrogens with one attached hydrogen (secondary N) is 2. The van der Waals surface area contributed by atoms with Gasteiger partial charge < -0.3 is 15.1 Å². The molecule has 0 saturated heterocycles. The fourth-order valence-corrected chi connectivity index (χ4v) is 1.51. The topological polar surface area (TPSA) is 71.3 Å². The molecule has 98 valence electrons. The van der Waals surface area contributed by atoms with Gasteiger partial charge in [0, 0.05) is 5.69 Å². The number of carbonyl (C=O) groups is 2. The Kier molecular flexibility index (Phi) is 3.97. The fourth-order valence-electron chi connectivity index (χ4n) is 1.51. The molecule has 5 heteroatoms. The largest absolute Gasteiger partial charge is 0.459 e. The van der Waals surface area contributed by atoms with Crippen molar-refractivity contribution in [3.63, 3.8) is 0 Å². The highest BCUT2D eigenvalue weighted by atomic mass is 16.3. The van der Waals surface area contributed by atoms with Gasteiger partial charge >= 0.3 is 0 Å². The molecule has 0 radical (unpaired) electrons. The average molecular weight is 258 g/mol. The zero-order chi connectivity index (χ0) is 13.7. The number of hydrogen-bond acceptors (Lipinski definition) is 3. The third-order valence-corrected chi connectivity index (χ3v) is 2.53. The van der Waals surface area contributed by atoms with E-state index in [9.17, 15) is 9.59 Å². The molecule has 1 aromatic carbocycles. The van der Waals surface area contributed by atoms with E-state index in [1.807, 2.05) is 18.2 Å². The molecule has 1 unspecified atom stereocenters. The van der Waals surface area contributed by atoms with E-state index in [4.69, 9.17) is 4.42 Å². The smallest absolute Gasteiger partial charge is 0.287 e. The maximum Gasteiger partial charge on any atom is 0.287 e. The summed E-state index contributed by atoms with van der Waals surface area (Å²) in [6.45, 7) is 1.61. The van der Waals surface area contributed by atoms with E-state index >= 15 is 0 Å². The molecule has 1 atom stereocenters. The Morgan fingerprint density at radius 3 is 2.47 bits per heavy atom. The molecular formula is C14H14N2O3. The van der Waals surface area contributed by atoms with Crippen LogP contribution in [0.4, 0.5) is 5.69 Å². The molecule has 0 spiro atoms. The van der Waals surface area contributed by atoms with Crippen LogP contribution in [0.2, 0.25) is 0 Å². The molecular weight excluding hydrogens is 244 g/mol. The molecule has 2 amide bonds. The maximum absolute atomic E-state index is 11.9. The molecule has 1 aromatic heterocycles. The molecule has 2 rings (SSSR count). The van der Waals surface area contributed by atoms with Crippen molar-refractivity contribution in [3.8, 4) is 0 Å². The van der Waals surface area contributed by atoms with Crippen molar-refractivity contribution in [2.24, 2.45) is 0 Å². The highest BCUT2D eigenvalue weighted by Crippen LogP contribution is 2.06. The van der Waals surface area contributed by atoms with Gasteiger partial charge in [0.1, 0.15) is 6.04 Å². The van der Waals surface area contributed by atoms with E-state index < -0.39 is 11.9 Å². The van der Waals surface area contributed by atoms with Crippen LogP contribution in [0.25, 0.3) is 0 Å². The Balaban J connectivity index is 1.91. The van der Waals surface area contributed by atoms with Gasteiger partial charge in [-0.15, -0.1) is 0 Å². The number of para-hydroxylation sites is 1. The van der Waals surface area contributed by atoms with Gasteiger partial charge in [-0.05, 0) is 31.2 Å². The lowest BCUT2D eigenvalue weighted by Gasteiger charge is -2.13. The number of furan rings is 1. The lowest BCUT2D eigenvalue weighted by atomic mass is 10.2. The number of rotatable bonds is 4. The standard InChI is InChI=1S/C14H14N2O3/c1-10(15-14(18)12-8-5-9-19-12)13(17)16-11-6-3-2-4-7-11/h2-10H,1H3,(H,15,18)(H,16,17). The molecule has 0 aliphatic rings. The zero-order valence-electron chi connectivity index (χ0n) is 10.4. The quantitative estimate of drug-likeness (QED) is 0.881. The monoisotopic (exact) mass is 258 g/mol. The van der Waals surface area contributed by atoms with Crippen molar-refractivity contribution >= 4 is 17.5 Å². The van der Waals surface area contributed by atoms with Gasteiger partial charge in [0.05, 0.1) is 6.26 Å². The van der Waals surface area contributed by atoms with Crippen LogP contribution in [-0.2, 0) is 4.79 Å². The highest BCUT2D eigenvalue weighted by Gasteiger charge is 2.17. The van der Waals surface area contributed by atoms with Gasteiger partial charge in [-0.1, -0.05) is 18.2 Å². The van der Waals surface area contributed by atoms with E-state index in [0.717, 1.165) is 0 Å². The maximum atomic E-state index is 11.9. The first-order valence-corrected chi connectivity index (χ1v) is 5.87. The minimum atomic E-state index is -0.655. The first-order valence-electron chi connectivity index (χ1n) is 5.87. The Bertz CT molecular complexity index is 549. The first-order chi connectivity index (χ1) is 9.16. The number of amides is 2. The minimum absolute atomic E-state index is 0.180. The third-order valence-electron chi connectivity index (χ3n) is 2.53. The summed E-state index contributed by atoms with van der Waals surface area (Å²) < 4.78 is 4.95. The van der Waals surface area contributed by atoms with Crippen LogP contribution in [0, 0.1) is 0 Å². The minimum Gasteiger partial charge on any atom is -0.459 e. The third kappa shape index (κ3) is 3.45. The second kappa shape index (κ2) is 5.86. The number of hydrogen-bond donors (Lipinski definition) is 2. The van der Waals surface area contributed by atoms with Crippen LogP contribution < -0.4 is 10.6 Å². The lowest BCUT2D eigenvalue weighted by Crippen LogP contribution is -2.41. The second-order valence-electron chi connectivity index (χ2n) is 4.03. The molecule has 1 heterocycles. The number of anilines is 1. The number of carbonyl (C=O) groups excluding carboxylic acids is 2. The van der Waals surface area contributed by atoms with Crippen LogP contribution in [0.15, 0.2) is 53.1 Å². The summed E-state index contributed by atoms with van der Waals surface area (Å²) in [5.41, 5.74) is 0.687. The summed E-state index contributed by atoms with van der Waals surface area (Å²) in [7, 11) is 0. The molecule has 2 N–H and O–H groups in total. The molecule has 2 aromatic rings. The van der Waals surface area contributed by atoms with Gasteiger partial charge in [0.15, 0.2) is 5.76 Å². The van der Waals surface area contributed by atoms with Crippen LogP contribution in [0.1, 0.15) is 17.5 Å². The summed E-state index contributed by atoms with van der Waals surface area (Å²) in [5.74, 6) is -0.522. The Labute approximate surface area is 110 Å². The summed E-state index contributed by atoms with van der Waals surface area (Å²) in [6, 6.07) is 11.6. The first kappa shape index (κ1) is 12.9. The van der Waals surface area contributed by atoms with E-state index in [0.29, 0.717) is 5.69 Å². The van der Waals surface area contributed by atoms with Crippen LogP contribution in [0.3, 0.4) is 0 Å². The van der Waals surface area contributed by atoms with E-state index in [1.165, 1.54) is 12.3 Å². The molecule has 0 aliphatic carbocycles. The van der Waals surface area contributed by atoms with Gasteiger partial charge in [-0.3, -0.25) is 9.59 Å². The van der Waals surface area contributed by atoms with Crippen LogP contribution in [-0.4, -0.2) is 17.9 Å². The molecule has 0 saturated carbocycles.